The third kappa shape index (κ3) is 7.30. The van der Waals surface area contributed by atoms with Crippen molar-refractivity contribution in [3.8, 4) is 28.1 Å². The number of rotatable bonds is 10. The van der Waals surface area contributed by atoms with Gasteiger partial charge in [-0.15, -0.1) is 0 Å². The fourth-order valence-corrected chi connectivity index (χ4v) is 6.54. The van der Waals surface area contributed by atoms with E-state index in [1.165, 1.54) is 18.3 Å². The number of carbonyl (C=O) groups excluding carboxylic acids is 2. The Morgan fingerprint density at radius 2 is 1.37 bits per heavy atom. The molecule has 6 rings (SSSR count). The average molecular weight is 704 g/mol. The molecule has 0 saturated carbocycles. The van der Waals surface area contributed by atoms with Crippen LogP contribution in [0.1, 0.15) is 45.5 Å². The maximum absolute atomic E-state index is 13.7. The zero-order chi connectivity index (χ0) is 36.4. The van der Waals surface area contributed by atoms with Gasteiger partial charge in [-0.2, -0.15) is 26.3 Å². The molecule has 2 N–H and O–H groups in total. The molecular weight excluding hydrogens is 672 g/mol. The number of hydrogen-bond donors (Lipinski definition) is 2. The van der Waals surface area contributed by atoms with Gasteiger partial charge >= 0.3 is 12.4 Å². The third-order valence-electron chi connectivity index (χ3n) is 8.82. The fourth-order valence-electron chi connectivity index (χ4n) is 6.54. The lowest BCUT2D eigenvalue weighted by atomic mass is 9.73. The first-order valence-corrected chi connectivity index (χ1v) is 16.0. The number of hydrogen-bond acceptors (Lipinski definition) is 4. The Hall–Kier alpha value is -5.65. The molecule has 1 aromatic heterocycles. The number of halogens is 6. The highest BCUT2D eigenvalue weighted by Crippen LogP contribution is 2.51. The topological polar surface area (TPSA) is 80.3 Å². The van der Waals surface area contributed by atoms with Gasteiger partial charge in [0.1, 0.15) is 12.0 Å². The van der Waals surface area contributed by atoms with Gasteiger partial charge in [-0.05, 0) is 77.4 Å². The molecule has 6 nitrogen and oxygen atoms in total. The number of alkyl halides is 6. The first-order valence-electron chi connectivity index (χ1n) is 16.0. The van der Waals surface area contributed by atoms with E-state index in [0.29, 0.717) is 39.9 Å². The maximum Gasteiger partial charge on any atom is 0.416 e. The van der Waals surface area contributed by atoms with E-state index in [9.17, 15) is 35.9 Å². The first kappa shape index (κ1) is 35.2. The summed E-state index contributed by atoms with van der Waals surface area (Å²) in [7, 11) is 0. The largest absolute Gasteiger partial charge is 0.477 e. The molecule has 0 bridgehead atoms. The molecule has 0 radical (unpaired) electrons. The Morgan fingerprint density at radius 1 is 0.784 bits per heavy atom. The summed E-state index contributed by atoms with van der Waals surface area (Å²) in [5.41, 5.74) is 2.73. The molecule has 0 atom stereocenters. The molecule has 0 unspecified atom stereocenters. The molecule has 1 heterocycles. The van der Waals surface area contributed by atoms with E-state index in [2.05, 4.69) is 15.6 Å². The van der Waals surface area contributed by atoms with Gasteiger partial charge in [-0.1, -0.05) is 78.9 Å². The van der Waals surface area contributed by atoms with Crippen LogP contribution in [-0.2, 0) is 16.4 Å². The van der Waals surface area contributed by atoms with Crippen molar-refractivity contribution in [1.82, 2.24) is 10.3 Å². The second kappa shape index (κ2) is 13.9. The number of pyridine rings is 1. The van der Waals surface area contributed by atoms with E-state index >= 15 is 0 Å². The third-order valence-corrected chi connectivity index (χ3v) is 8.82. The number of anilines is 1. The van der Waals surface area contributed by atoms with Gasteiger partial charge < -0.3 is 15.4 Å². The molecule has 0 fully saturated rings. The maximum atomic E-state index is 13.7. The Kier molecular flexibility index (Phi) is 9.61. The van der Waals surface area contributed by atoms with Crippen LogP contribution in [0.15, 0.2) is 109 Å². The van der Waals surface area contributed by atoms with Crippen LogP contribution < -0.4 is 15.4 Å². The Morgan fingerprint density at radius 3 is 1.96 bits per heavy atom. The second-order valence-electron chi connectivity index (χ2n) is 12.2. The van der Waals surface area contributed by atoms with Crippen molar-refractivity contribution >= 4 is 17.5 Å². The highest BCUT2D eigenvalue weighted by molar-refractivity contribution is 6.08. The second-order valence-corrected chi connectivity index (χ2v) is 12.2. The van der Waals surface area contributed by atoms with Gasteiger partial charge in [0.25, 0.3) is 5.91 Å². The average Bonchev–Trinajstić information content (AvgIpc) is 3.39. The number of ether oxygens (including phenoxy) is 1. The van der Waals surface area contributed by atoms with Crippen molar-refractivity contribution in [2.45, 2.75) is 37.5 Å². The summed E-state index contributed by atoms with van der Waals surface area (Å²) in [4.78, 5) is 31.3. The van der Waals surface area contributed by atoms with E-state index in [1.54, 1.807) is 61.5 Å². The van der Waals surface area contributed by atoms with E-state index in [1.807, 2.05) is 24.3 Å². The van der Waals surface area contributed by atoms with Gasteiger partial charge in [-0.3, -0.25) is 9.59 Å². The van der Waals surface area contributed by atoms with Crippen LogP contribution in [0.2, 0.25) is 0 Å². The zero-order valence-corrected chi connectivity index (χ0v) is 27.2. The lowest BCUT2D eigenvalue weighted by molar-refractivity contribution is -0.141. The highest BCUT2D eigenvalue weighted by Gasteiger charge is 2.49. The Labute approximate surface area is 289 Å². The van der Waals surface area contributed by atoms with E-state index in [-0.39, 0.29) is 24.5 Å². The number of nitrogens with one attached hydrogen (secondary N) is 2. The van der Waals surface area contributed by atoms with Crippen LogP contribution in [-0.4, -0.2) is 36.1 Å². The molecule has 262 valence electrons. The molecule has 1 aliphatic rings. The van der Waals surface area contributed by atoms with Gasteiger partial charge in [0.15, 0.2) is 0 Å². The minimum Gasteiger partial charge on any atom is -0.477 e. The van der Waals surface area contributed by atoms with Gasteiger partial charge in [0.05, 0.1) is 24.1 Å². The van der Waals surface area contributed by atoms with Crippen LogP contribution in [0.25, 0.3) is 22.3 Å². The SMILES string of the molecule is Cc1cc(NC(=O)c2ccccc2-c2ccc(C(F)(F)F)cc2)cnc1OCCCC1(C(=O)NCC(F)(F)F)c2ccccc2-c2ccccc21. The van der Waals surface area contributed by atoms with Crippen molar-refractivity contribution in [2.75, 3.05) is 18.5 Å². The normalized spacial score (nSPS) is 13.2. The van der Waals surface area contributed by atoms with Crippen LogP contribution >= 0.6 is 0 Å². The van der Waals surface area contributed by atoms with Crippen LogP contribution in [0.3, 0.4) is 0 Å². The zero-order valence-electron chi connectivity index (χ0n) is 27.2. The number of benzene rings is 4. The molecule has 51 heavy (non-hydrogen) atoms. The van der Waals surface area contributed by atoms with Crippen LogP contribution in [0, 0.1) is 6.92 Å². The number of amides is 2. The summed E-state index contributed by atoms with van der Waals surface area (Å²) in [6.07, 6.45) is -7.21. The summed E-state index contributed by atoms with van der Waals surface area (Å²) >= 11 is 0. The molecule has 1 aliphatic carbocycles. The molecule has 0 aliphatic heterocycles. The summed E-state index contributed by atoms with van der Waals surface area (Å²) in [6.45, 7) is 0.365. The minimum atomic E-state index is -4.58. The predicted octanol–water partition coefficient (Wildman–Crippen LogP) is 9.13. The minimum absolute atomic E-state index is 0.0959. The van der Waals surface area contributed by atoms with Crippen LogP contribution in [0.4, 0.5) is 32.0 Å². The van der Waals surface area contributed by atoms with Crippen molar-refractivity contribution in [1.29, 1.82) is 0 Å². The number of fused-ring (bicyclic) bond motifs is 3. The quantitative estimate of drug-likeness (QED) is 0.112. The molecule has 5 aromatic rings. The van der Waals surface area contributed by atoms with E-state index in [0.717, 1.165) is 23.3 Å². The Balaban J connectivity index is 1.15. The van der Waals surface area contributed by atoms with Crippen molar-refractivity contribution in [3.63, 3.8) is 0 Å². The summed E-state index contributed by atoms with van der Waals surface area (Å²) in [5.74, 6) is -0.973. The standard InChI is InChI=1S/C39H31F6N3O3/c1-24-21-27(48-34(49)31-12-3-2-9-28(31)25-15-17-26(18-16-25)39(43,44)45)22-46-35(24)51-20-8-19-37(36(50)47-23-38(40,41)42)32-13-6-4-10-29(32)30-11-5-7-14-33(30)37/h2-7,9-18,21-22H,8,19-20,23H2,1H3,(H,47,50)(H,48,49). The number of carbonyl (C=O) groups is 2. The first-order chi connectivity index (χ1) is 24.3. The van der Waals surface area contributed by atoms with Gasteiger partial charge in [0, 0.05) is 11.1 Å². The monoisotopic (exact) mass is 703 g/mol. The van der Waals surface area contributed by atoms with Gasteiger partial charge in [-0.25, -0.2) is 4.98 Å². The lowest BCUT2D eigenvalue weighted by Gasteiger charge is -2.31. The highest BCUT2D eigenvalue weighted by atomic mass is 19.4. The number of aromatic nitrogens is 1. The molecule has 0 saturated heterocycles. The van der Waals surface area contributed by atoms with Crippen molar-refractivity contribution in [3.05, 3.63) is 137 Å². The summed E-state index contributed by atoms with van der Waals surface area (Å²) in [5, 5.41) is 4.89. The molecule has 2 amide bonds. The predicted molar refractivity (Wildman–Crippen MR) is 180 cm³/mol. The molecule has 0 spiro atoms. The fraction of sp³-hybridized carbons (Fsp3) is 0.205. The molecular formula is C39H31F6N3O3. The number of aryl methyl sites for hydroxylation is 1. The van der Waals surface area contributed by atoms with Gasteiger partial charge in [0.2, 0.25) is 11.8 Å². The Bertz CT molecular complexity index is 2030. The van der Waals surface area contributed by atoms with E-state index < -0.39 is 41.7 Å². The molecule has 12 heteroatoms. The smallest absolute Gasteiger partial charge is 0.416 e. The molecule has 4 aromatic carbocycles. The lowest BCUT2D eigenvalue weighted by Crippen LogP contribution is -2.47. The van der Waals surface area contributed by atoms with Crippen molar-refractivity contribution in [2.24, 2.45) is 0 Å². The van der Waals surface area contributed by atoms with E-state index in [4.69, 9.17) is 4.74 Å². The van der Waals surface area contributed by atoms with Crippen LogP contribution in [0.5, 0.6) is 5.88 Å². The van der Waals surface area contributed by atoms with Crippen molar-refractivity contribution < 1.29 is 40.7 Å². The summed E-state index contributed by atoms with van der Waals surface area (Å²) < 4.78 is 84.6. The summed E-state index contributed by atoms with van der Waals surface area (Å²) in [6, 6.07) is 27.1. The number of nitrogens with zero attached hydrogens (tertiary/aromatic N) is 1.